The SMILES string of the molecule is CC1(C)CCC(C)(C)c2cc(CC(=O)c3ccc(C(=O)O)cn3)ccc21. The number of aromatic carboxylic acids is 1. The van der Waals surface area contributed by atoms with Crippen LogP contribution in [-0.4, -0.2) is 21.8 Å². The topological polar surface area (TPSA) is 67.3 Å². The average Bonchev–Trinajstić information content (AvgIpc) is 2.59. The molecule has 4 heteroatoms. The Morgan fingerprint density at radius 3 is 2.23 bits per heavy atom. The number of hydrogen-bond acceptors (Lipinski definition) is 3. The Morgan fingerprint density at radius 2 is 1.65 bits per heavy atom. The minimum atomic E-state index is -1.05. The largest absolute Gasteiger partial charge is 0.478 e. The molecule has 0 saturated heterocycles. The zero-order valence-electron chi connectivity index (χ0n) is 15.8. The highest BCUT2D eigenvalue weighted by molar-refractivity contribution is 5.96. The highest BCUT2D eigenvalue weighted by atomic mass is 16.4. The van der Waals surface area contributed by atoms with E-state index in [2.05, 4.69) is 44.8 Å². The molecule has 2 aromatic rings. The lowest BCUT2D eigenvalue weighted by Gasteiger charge is -2.42. The van der Waals surface area contributed by atoms with Gasteiger partial charge in [0.15, 0.2) is 5.78 Å². The molecule has 26 heavy (non-hydrogen) atoms. The standard InChI is InChI=1S/C22H25NO3/c1-21(2)9-10-22(3,4)17-11-14(5-7-16(17)21)12-19(24)18-8-6-15(13-23-18)20(25)26/h5-8,11,13H,9-10,12H2,1-4H3,(H,25,26). The van der Waals surface area contributed by atoms with Crippen molar-refractivity contribution in [3.63, 3.8) is 0 Å². The Balaban J connectivity index is 1.87. The Kier molecular flexibility index (Phi) is 4.47. The third-order valence-corrected chi connectivity index (χ3v) is 5.58. The molecule has 4 nitrogen and oxygen atoms in total. The third kappa shape index (κ3) is 3.41. The number of carboxylic acid groups (broad SMARTS) is 1. The fourth-order valence-electron chi connectivity index (χ4n) is 3.71. The molecular weight excluding hydrogens is 326 g/mol. The summed E-state index contributed by atoms with van der Waals surface area (Å²) >= 11 is 0. The van der Waals surface area contributed by atoms with E-state index in [1.54, 1.807) is 0 Å². The van der Waals surface area contributed by atoms with Gasteiger partial charge in [-0.15, -0.1) is 0 Å². The number of rotatable bonds is 4. The van der Waals surface area contributed by atoms with Crippen LogP contribution in [0.15, 0.2) is 36.5 Å². The highest BCUT2D eigenvalue weighted by Gasteiger charge is 2.36. The first-order chi connectivity index (χ1) is 12.1. The molecule has 1 aliphatic carbocycles. The van der Waals surface area contributed by atoms with Crippen LogP contribution >= 0.6 is 0 Å². The Morgan fingerprint density at radius 1 is 1.00 bits per heavy atom. The third-order valence-electron chi connectivity index (χ3n) is 5.58. The van der Waals surface area contributed by atoms with E-state index >= 15 is 0 Å². The zero-order chi connectivity index (χ0) is 19.1. The van der Waals surface area contributed by atoms with Crippen molar-refractivity contribution in [3.05, 3.63) is 64.5 Å². The summed E-state index contributed by atoms with van der Waals surface area (Å²) in [5.74, 6) is -1.15. The predicted octanol–water partition coefficient (Wildman–Crippen LogP) is 4.55. The second-order valence-corrected chi connectivity index (χ2v) is 8.48. The monoisotopic (exact) mass is 351 g/mol. The van der Waals surface area contributed by atoms with E-state index in [0.717, 1.165) is 18.4 Å². The van der Waals surface area contributed by atoms with Gasteiger partial charge in [0.1, 0.15) is 5.69 Å². The average molecular weight is 351 g/mol. The molecular formula is C22H25NO3. The molecule has 1 aromatic carbocycles. The summed E-state index contributed by atoms with van der Waals surface area (Å²) in [6.07, 6.45) is 3.78. The number of fused-ring (bicyclic) bond motifs is 1. The zero-order valence-corrected chi connectivity index (χ0v) is 15.8. The van der Waals surface area contributed by atoms with Crippen molar-refractivity contribution in [1.29, 1.82) is 0 Å². The van der Waals surface area contributed by atoms with Crippen molar-refractivity contribution >= 4 is 11.8 Å². The normalized spacial score (nSPS) is 17.4. The van der Waals surface area contributed by atoms with Gasteiger partial charge in [-0.05, 0) is 52.5 Å². The lowest BCUT2D eigenvalue weighted by molar-refractivity contribution is 0.0695. The second kappa shape index (κ2) is 6.35. The molecule has 0 aliphatic heterocycles. The molecule has 0 atom stereocenters. The van der Waals surface area contributed by atoms with E-state index in [0.29, 0.717) is 5.69 Å². The number of benzene rings is 1. The minimum Gasteiger partial charge on any atom is -0.478 e. The molecule has 0 bridgehead atoms. The summed E-state index contributed by atoms with van der Waals surface area (Å²) < 4.78 is 0. The summed E-state index contributed by atoms with van der Waals surface area (Å²) in [6, 6.07) is 9.27. The molecule has 0 radical (unpaired) electrons. The summed E-state index contributed by atoms with van der Waals surface area (Å²) in [6.45, 7) is 9.08. The van der Waals surface area contributed by atoms with Gasteiger partial charge in [-0.1, -0.05) is 45.9 Å². The molecule has 0 spiro atoms. The summed E-state index contributed by atoms with van der Waals surface area (Å²) in [5.41, 5.74) is 4.31. The van der Waals surface area contributed by atoms with E-state index in [9.17, 15) is 9.59 Å². The molecule has 0 fully saturated rings. The molecule has 1 aromatic heterocycles. The van der Waals surface area contributed by atoms with Crippen LogP contribution in [-0.2, 0) is 17.3 Å². The lowest BCUT2D eigenvalue weighted by atomic mass is 9.63. The molecule has 136 valence electrons. The van der Waals surface area contributed by atoms with Gasteiger partial charge in [0, 0.05) is 12.6 Å². The Hall–Kier alpha value is -2.49. The maximum Gasteiger partial charge on any atom is 0.337 e. The van der Waals surface area contributed by atoms with Gasteiger partial charge in [0.05, 0.1) is 5.56 Å². The Bertz CT molecular complexity index is 863. The molecule has 0 saturated carbocycles. The highest BCUT2D eigenvalue weighted by Crippen LogP contribution is 2.45. The lowest BCUT2D eigenvalue weighted by Crippen LogP contribution is -2.34. The van der Waals surface area contributed by atoms with Crippen LogP contribution in [0.4, 0.5) is 0 Å². The number of Topliss-reactive ketones (excluding diaryl/α,β-unsaturated/α-hetero) is 1. The predicted molar refractivity (Wildman–Crippen MR) is 101 cm³/mol. The van der Waals surface area contributed by atoms with Crippen LogP contribution in [0.25, 0.3) is 0 Å². The molecule has 1 heterocycles. The molecule has 1 N–H and O–H groups in total. The van der Waals surface area contributed by atoms with Crippen molar-refractivity contribution in [1.82, 2.24) is 4.98 Å². The van der Waals surface area contributed by atoms with Crippen LogP contribution in [0.5, 0.6) is 0 Å². The maximum absolute atomic E-state index is 12.5. The first-order valence-corrected chi connectivity index (χ1v) is 8.97. The van der Waals surface area contributed by atoms with E-state index in [-0.39, 0.29) is 28.6 Å². The van der Waals surface area contributed by atoms with E-state index in [1.807, 2.05) is 6.07 Å². The minimum absolute atomic E-state index is 0.0827. The van der Waals surface area contributed by atoms with Crippen LogP contribution in [0.2, 0.25) is 0 Å². The van der Waals surface area contributed by atoms with Gasteiger partial charge < -0.3 is 5.11 Å². The fraction of sp³-hybridized carbons (Fsp3) is 0.409. The quantitative estimate of drug-likeness (QED) is 0.820. The number of carbonyl (C=O) groups excluding carboxylic acids is 1. The molecule has 3 rings (SSSR count). The molecule has 0 unspecified atom stereocenters. The van der Waals surface area contributed by atoms with Gasteiger partial charge in [-0.2, -0.15) is 0 Å². The smallest absolute Gasteiger partial charge is 0.337 e. The van der Waals surface area contributed by atoms with Crippen LogP contribution in [0.1, 0.15) is 78.1 Å². The van der Waals surface area contributed by atoms with Gasteiger partial charge in [0.2, 0.25) is 0 Å². The van der Waals surface area contributed by atoms with E-state index in [1.165, 1.54) is 29.5 Å². The molecule has 1 aliphatic rings. The van der Waals surface area contributed by atoms with E-state index < -0.39 is 5.97 Å². The Labute approximate surface area is 154 Å². The van der Waals surface area contributed by atoms with Crippen molar-refractivity contribution in [3.8, 4) is 0 Å². The van der Waals surface area contributed by atoms with Gasteiger partial charge in [-0.3, -0.25) is 9.78 Å². The second-order valence-electron chi connectivity index (χ2n) is 8.48. The summed E-state index contributed by atoms with van der Waals surface area (Å²) in [4.78, 5) is 27.4. The van der Waals surface area contributed by atoms with Gasteiger partial charge >= 0.3 is 5.97 Å². The van der Waals surface area contributed by atoms with E-state index in [4.69, 9.17) is 5.11 Å². The number of hydrogen-bond donors (Lipinski definition) is 1. The fourth-order valence-corrected chi connectivity index (χ4v) is 3.71. The maximum atomic E-state index is 12.5. The number of aromatic nitrogens is 1. The van der Waals surface area contributed by atoms with Gasteiger partial charge in [0.25, 0.3) is 0 Å². The summed E-state index contributed by atoms with van der Waals surface area (Å²) in [7, 11) is 0. The van der Waals surface area contributed by atoms with Crippen LogP contribution in [0.3, 0.4) is 0 Å². The number of ketones is 1. The number of pyridine rings is 1. The van der Waals surface area contributed by atoms with Crippen molar-refractivity contribution in [2.75, 3.05) is 0 Å². The van der Waals surface area contributed by atoms with Crippen LogP contribution < -0.4 is 0 Å². The van der Waals surface area contributed by atoms with Crippen molar-refractivity contribution in [2.24, 2.45) is 0 Å². The van der Waals surface area contributed by atoms with Crippen molar-refractivity contribution in [2.45, 2.75) is 57.8 Å². The summed E-state index contributed by atoms with van der Waals surface area (Å²) in [5, 5.41) is 8.93. The number of carboxylic acids is 1. The number of carbonyl (C=O) groups is 2. The van der Waals surface area contributed by atoms with Crippen molar-refractivity contribution < 1.29 is 14.7 Å². The number of nitrogens with zero attached hydrogens (tertiary/aromatic N) is 1. The van der Waals surface area contributed by atoms with Crippen LogP contribution in [0, 0.1) is 0 Å². The van der Waals surface area contributed by atoms with Gasteiger partial charge in [-0.25, -0.2) is 4.79 Å². The molecule has 0 amide bonds. The first kappa shape index (κ1) is 18.3. The first-order valence-electron chi connectivity index (χ1n) is 8.97.